The van der Waals surface area contributed by atoms with E-state index in [2.05, 4.69) is 10.3 Å². The number of aromatic nitrogens is 1. The molecule has 0 aliphatic rings. The molecule has 0 aliphatic carbocycles. The van der Waals surface area contributed by atoms with Gasteiger partial charge in [0.15, 0.2) is 0 Å². The molecule has 0 spiro atoms. The Bertz CT molecular complexity index is 488. The van der Waals surface area contributed by atoms with Crippen LogP contribution in [0.5, 0.6) is 0 Å². The quantitative estimate of drug-likeness (QED) is 0.628. The Kier molecular flexibility index (Phi) is 6.86. The van der Waals surface area contributed by atoms with Crippen molar-refractivity contribution in [1.29, 1.82) is 0 Å². The summed E-state index contributed by atoms with van der Waals surface area (Å²) in [7, 11) is -0.440. The van der Waals surface area contributed by atoms with E-state index < -0.39 is 10.0 Å². The molecule has 114 valence electrons. The lowest BCUT2D eigenvalue weighted by Gasteiger charge is -2.11. The third kappa shape index (κ3) is 5.04. The summed E-state index contributed by atoms with van der Waals surface area (Å²) in [5, 5.41) is 3.10. The molecule has 20 heavy (non-hydrogen) atoms. The molecular weight excluding hydrogens is 280 g/mol. The summed E-state index contributed by atoms with van der Waals surface area (Å²) in [4.78, 5) is 4.26. The standard InChI is InChI=1S/C12H22N4O3S/c1-16(2)20(17,18)11-4-5-12(15-10-11)14-7-3-8-19-9-6-13/h4-5,10H,3,6-9,13H2,1-2H3,(H,14,15). The minimum absolute atomic E-state index is 0.180. The second-order valence-electron chi connectivity index (χ2n) is 4.35. The molecule has 0 aliphatic heterocycles. The molecule has 0 amide bonds. The number of anilines is 1. The van der Waals surface area contributed by atoms with Gasteiger partial charge in [0, 0.05) is 40.0 Å². The van der Waals surface area contributed by atoms with Crippen LogP contribution in [0.2, 0.25) is 0 Å². The highest BCUT2D eigenvalue weighted by Gasteiger charge is 2.17. The van der Waals surface area contributed by atoms with Crippen LogP contribution in [0.25, 0.3) is 0 Å². The molecule has 0 atom stereocenters. The van der Waals surface area contributed by atoms with E-state index in [1.165, 1.54) is 26.4 Å². The van der Waals surface area contributed by atoms with Gasteiger partial charge in [0.05, 0.1) is 6.61 Å². The van der Waals surface area contributed by atoms with Crippen LogP contribution in [0.4, 0.5) is 5.82 Å². The molecule has 8 heteroatoms. The third-order valence-electron chi connectivity index (χ3n) is 2.55. The lowest BCUT2D eigenvalue weighted by Crippen LogP contribution is -2.22. The number of sulfonamides is 1. The number of rotatable bonds is 9. The Morgan fingerprint density at radius 2 is 2.10 bits per heavy atom. The van der Waals surface area contributed by atoms with Gasteiger partial charge in [-0.3, -0.25) is 0 Å². The van der Waals surface area contributed by atoms with E-state index in [1.807, 2.05) is 0 Å². The lowest BCUT2D eigenvalue weighted by molar-refractivity contribution is 0.141. The second-order valence-corrected chi connectivity index (χ2v) is 6.50. The first-order chi connectivity index (χ1) is 9.48. The van der Waals surface area contributed by atoms with Crippen molar-refractivity contribution in [2.75, 3.05) is 45.7 Å². The molecule has 0 fully saturated rings. The van der Waals surface area contributed by atoms with Gasteiger partial charge in [0.2, 0.25) is 10.0 Å². The number of nitrogens with one attached hydrogen (secondary N) is 1. The van der Waals surface area contributed by atoms with Crippen molar-refractivity contribution >= 4 is 15.8 Å². The summed E-state index contributed by atoms with van der Waals surface area (Å²) in [6.45, 7) is 2.43. The van der Waals surface area contributed by atoms with Gasteiger partial charge in [-0.25, -0.2) is 17.7 Å². The smallest absolute Gasteiger partial charge is 0.244 e. The summed E-state index contributed by atoms with van der Waals surface area (Å²) in [5.41, 5.74) is 5.30. The average Bonchev–Trinajstić information content (AvgIpc) is 2.43. The van der Waals surface area contributed by atoms with Gasteiger partial charge < -0.3 is 15.8 Å². The van der Waals surface area contributed by atoms with E-state index in [4.69, 9.17) is 10.5 Å². The summed E-state index contributed by atoms with van der Waals surface area (Å²) in [5.74, 6) is 0.640. The maximum Gasteiger partial charge on any atom is 0.244 e. The molecule has 3 N–H and O–H groups in total. The Morgan fingerprint density at radius 1 is 1.35 bits per heavy atom. The molecule has 0 saturated heterocycles. The maximum absolute atomic E-state index is 11.8. The van der Waals surface area contributed by atoms with Gasteiger partial charge in [-0.15, -0.1) is 0 Å². The van der Waals surface area contributed by atoms with Crippen molar-refractivity contribution in [2.24, 2.45) is 5.73 Å². The summed E-state index contributed by atoms with van der Waals surface area (Å²) >= 11 is 0. The van der Waals surface area contributed by atoms with Crippen molar-refractivity contribution < 1.29 is 13.2 Å². The van der Waals surface area contributed by atoms with Gasteiger partial charge in [0.1, 0.15) is 10.7 Å². The second kappa shape index (κ2) is 8.15. The molecule has 7 nitrogen and oxygen atoms in total. The number of nitrogens with two attached hydrogens (primary N) is 1. The number of pyridine rings is 1. The zero-order valence-electron chi connectivity index (χ0n) is 11.9. The maximum atomic E-state index is 11.8. The Hall–Kier alpha value is -1.22. The fourth-order valence-corrected chi connectivity index (χ4v) is 2.27. The van der Waals surface area contributed by atoms with Gasteiger partial charge >= 0.3 is 0 Å². The van der Waals surface area contributed by atoms with Crippen LogP contribution < -0.4 is 11.1 Å². The normalized spacial score (nSPS) is 11.8. The highest BCUT2D eigenvalue weighted by atomic mass is 32.2. The Labute approximate surface area is 120 Å². The first-order valence-corrected chi connectivity index (χ1v) is 7.82. The van der Waals surface area contributed by atoms with E-state index >= 15 is 0 Å². The van der Waals surface area contributed by atoms with Gasteiger partial charge in [-0.1, -0.05) is 0 Å². The topological polar surface area (TPSA) is 97.5 Å². The minimum Gasteiger partial charge on any atom is -0.380 e. The molecule has 0 saturated carbocycles. The van der Waals surface area contributed by atoms with E-state index in [9.17, 15) is 8.42 Å². The van der Waals surface area contributed by atoms with E-state index in [-0.39, 0.29) is 4.90 Å². The zero-order chi connectivity index (χ0) is 15.0. The molecule has 1 aromatic heterocycles. The molecule has 0 aromatic carbocycles. The first kappa shape index (κ1) is 16.8. The molecule has 1 rings (SSSR count). The average molecular weight is 302 g/mol. The van der Waals surface area contributed by atoms with Crippen LogP contribution in [-0.2, 0) is 14.8 Å². The Morgan fingerprint density at radius 3 is 2.65 bits per heavy atom. The fourth-order valence-electron chi connectivity index (χ4n) is 1.42. The predicted octanol–water partition coefficient (Wildman–Crippen LogP) is 0.109. The number of ether oxygens (including phenoxy) is 1. The van der Waals surface area contributed by atoms with Crippen LogP contribution in [0.1, 0.15) is 6.42 Å². The number of hydrogen-bond acceptors (Lipinski definition) is 6. The lowest BCUT2D eigenvalue weighted by atomic mass is 10.4. The van der Waals surface area contributed by atoms with E-state index in [1.54, 1.807) is 6.07 Å². The van der Waals surface area contributed by atoms with Crippen LogP contribution in [0.15, 0.2) is 23.2 Å². The van der Waals surface area contributed by atoms with Crippen molar-refractivity contribution in [1.82, 2.24) is 9.29 Å². The zero-order valence-corrected chi connectivity index (χ0v) is 12.7. The monoisotopic (exact) mass is 302 g/mol. The SMILES string of the molecule is CN(C)S(=O)(=O)c1ccc(NCCCOCCN)nc1. The molecule has 1 aromatic rings. The number of hydrogen-bond donors (Lipinski definition) is 2. The third-order valence-corrected chi connectivity index (χ3v) is 4.35. The van der Waals surface area contributed by atoms with Crippen molar-refractivity contribution in [2.45, 2.75) is 11.3 Å². The summed E-state index contributed by atoms with van der Waals surface area (Å²) in [6, 6.07) is 3.19. The minimum atomic E-state index is -3.42. The summed E-state index contributed by atoms with van der Waals surface area (Å²) in [6.07, 6.45) is 2.18. The largest absolute Gasteiger partial charge is 0.380 e. The summed E-state index contributed by atoms with van der Waals surface area (Å²) < 4.78 is 30.1. The van der Waals surface area contributed by atoms with Crippen LogP contribution in [0.3, 0.4) is 0 Å². The van der Waals surface area contributed by atoms with Crippen LogP contribution in [-0.4, -0.2) is 58.1 Å². The van der Waals surface area contributed by atoms with Crippen LogP contribution >= 0.6 is 0 Å². The Balaban J connectivity index is 2.44. The van der Waals surface area contributed by atoms with Crippen LogP contribution in [0, 0.1) is 0 Å². The molecule has 0 bridgehead atoms. The molecular formula is C12H22N4O3S. The predicted molar refractivity (Wildman–Crippen MR) is 78.1 cm³/mol. The molecule has 0 radical (unpaired) electrons. The molecule has 0 unspecified atom stereocenters. The van der Waals surface area contributed by atoms with Gasteiger partial charge in [-0.2, -0.15) is 0 Å². The highest BCUT2D eigenvalue weighted by Crippen LogP contribution is 2.13. The fraction of sp³-hybridized carbons (Fsp3) is 0.583. The first-order valence-electron chi connectivity index (χ1n) is 6.38. The van der Waals surface area contributed by atoms with E-state index in [0.717, 1.165) is 10.7 Å². The van der Waals surface area contributed by atoms with Crippen molar-refractivity contribution in [3.05, 3.63) is 18.3 Å². The van der Waals surface area contributed by atoms with Gasteiger partial charge in [-0.05, 0) is 18.6 Å². The van der Waals surface area contributed by atoms with E-state index in [0.29, 0.717) is 32.1 Å². The number of nitrogens with zero attached hydrogens (tertiary/aromatic N) is 2. The van der Waals surface area contributed by atoms with Crippen molar-refractivity contribution in [3.63, 3.8) is 0 Å². The van der Waals surface area contributed by atoms with Gasteiger partial charge in [0.25, 0.3) is 0 Å². The van der Waals surface area contributed by atoms with Crippen molar-refractivity contribution in [3.8, 4) is 0 Å². The highest BCUT2D eigenvalue weighted by molar-refractivity contribution is 7.89. The molecule has 1 heterocycles.